The third-order valence-corrected chi connectivity index (χ3v) is 5.62. The highest BCUT2D eigenvalue weighted by Gasteiger charge is 2.46. The smallest absolute Gasteiger partial charge is 0.276 e. The number of fused-ring (bicyclic) bond motifs is 2. The van der Waals surface area contributed by atoms with Gasteiger partial charge in [0.1, 0.15) is 23.4 Å². The van der Waals surface area contributed by atoms with Gasteiger partial charge in [-0.15, -0.1) is 0 Å². The molecular formula is C19H22N8O3. The summed E-state index contributed by atoms with van der Waals surface area (Å²) in [5.74, 6) is 0.379. The van der Waals surface area contributed by atoms with E-state index in [-0.39, 0.29) is 34.5 Å². The summed E-state index contributed by atoms with van der Waals surface area (Å²) in [7, 11) is 1.44. The molecule has 0 unspecified atom stereocenters. The Bertz CT molecular complexity index is 1110. The predicted molar refractivity (Wildman–Crippen MR) is 109 cm³/mol. The number of rotatable bonds is 4. The predicted octanol–water partition coefficient (Wildman–Crippen LogP) is 0.650. The number of hydrogen-bond acceptors (Lipinski definition) is 8. The zero-order valence-electron chi connectivity index (χ0n) is 16.7. The van der Waals surface area contributed by atoms with Crippen molar-refractivity contribution in [3.8, 4) is 5.75 Å². The maximum Gasteiger partial charge on any atom is 0.276 e. The Morgan fingerprint density at radius 3 is 2.77 bits per heavy atom. The highest BCUT2D eigenvalue weighted by molar-refractivity contribution is 5.97. The minimum absolute atomic E-state index is 0.147. The molecule has 0 atom stereocenters. The first kappa shape index (κ1) is 19.7. The van der Waals surface area contributed by atoms with Gasteiger partial charge in [0.05, 0.1) is 7.11 Å². The lowest BCUT2D eigenvalue weighted by molar-refractivity contribution is 0.0773. The van der Waals surface area contributed by atoms with E-state index in [9.17, 15) is 9.59 Å². The minimum atomic E-state index is -0.806. The molecular weight excluding hydrogens is 388 g/mol. The number of nitrogens with zero attached hydrogens (tertiary/aromatic N) is 5. The van der Waals surface area contributed by atoms with Crippen molar-refractivity contribution < 1.29 is 9.53 Å². The third kappa shape index (κ3) is 3.02. The normalized spacial score (nSPS) is 17.3. The number of pyridine rings is 1. The number of carbonyl (C=O) groups excluding carboxylic acids is 1. The molecule has 1 fully saturated rings. The molecule has 11 heteroatoms. The van der Waals surface area contributed by atoms with Crippen LogP contribution in [0.4, 0.5) is 17.3 Å². The lowest BCUT2D eigenvalue weighted by atomic mass is 9.97. The highest BCUT2D eigenvalue weighted by Crippen LogP contribution is 2.35. The number of aryl methyl sites for hydroxylation is 1. The van der Waals surface area contributed by atoms with Crippen LogP contribution in [0, 0.1) is 13.5 Å². The van der Waals surface area contributed by atoms with E-state index in [4.69, 9.17) is 17.0 Å². The number of nitrogen functional groups attached to an aromatic ring is 1. The first-order valence-electron chi connectivity index (χ1n) is 9.47. The zero-order chi connectivity index (χ0) is 21.5. The number of anilines is 3. The number of ether oxygens (including phenoxy) is 1. The number of amides is 1. The molecule has 156 valence electrons. The fourth-order valence-electron chi connectivity index (χ4n) is 4.17. The van der Waals surface area contributed by atoms with Crippen molar-refractivity contribution in [2.24, 2.45) is 0 Å². The minimum Gasteiger partial charge on any atom is -0.490 e. The number of piperidine rings is 1. The van der Waals surface area contributed by atoms with E-state index in [0.29, 0.717) is 43.9 Å². The van der Waals surface area contributed by atoms with Crippen molar-refractivity contribution in [3.63, 3.8) is 0 Å². The van der Waals surface area contributed by atoms with Gasteiger partial charge < -0.3 is 21.1 Å². The van der Waals surface area contributed by atoms with Crippen LogP contribution in [0.15, 0.2) is 17.2 Å². The molecule has 0 saturated carbocycles. The number of carbonyl (C=O) groups is 1. The zero-order valence-corrected chi connectivity index (χ0v) is 16.7. The van der Waals surface area contributed by atoms with Gasteiger partial charge in [0, 0.05) is 25.9 Å². The van der Waals surface area contributed by atoms with Crippen molar-refractivity contribution in [1.29, 1.82) is 0 Å². The number of aromatic nitrogens is 3. The molecule has 2 aliphatic heterocycles. The summed E-state index contributed by atoms with van der Waals surface area (Å²) in [6.45, 7) is 10.4. The molecule has 11 nitrogen and oxygen atoms in total. The van der Waals surface area contributed by atoms with Crippen molar-refractivity contribution in [2.75, 3.05) is 37.9 Å². The summed E-state index contributed by atoms with van der Waals surface area (Å²) in [6.07, 6.45) is 2.35. The molecule has 1 saturated heterocycles. The van der Waals surface area contributed by atoms with Gasteiger partial charge in [-0.05, 0) is 18.6 Å². The van der Waals surface area contributed by atoms with Crippen molar-refractivity contribution in [2.45, 2.75) is 25.4 Å². The van der Waals surface area contributed by atoms with Gasteiger partial charge in [-0.1, -0.05) is 0 Å². The van der Waals surface area contributed by atoms with Crippen LogP contribution in [0.5, 0.6) is 5.75 Å². The number of hydrogen-bond donors (Lipinski definition) is 3. The summed E-state index contributed by atoms with van der Waals surface area (Å²) in [5, 5.41) is 6.01. The van der Waals surface area contributed by atoms with Gasteiger partial charge in [0.15, 0.2) is 11.6 Å². The van der Waals surface area contributed by atoms with Gasteiger partial charge >= 0.3 is 0 Å². The van der Waals surface area contributed by atoms with E-state index < -0.39 is 5.66 Å². The lowest BCUT2D eigenvalue weighted by Gasteiger charge is -2.38. The van der Waals surface area contributed by atoms with Crippen LogP contribution in [0.3, 0.4) is 0 Å². The molecule has 4 rings (SSSR count). The Labute approximate surface area is 172 Å². The maximum absolute atomic E-state index is 13.5. The quantitative estimate of drug-likeness (QED) is 0.626. The van der Waals surface area contributed by atoms with Gasteiger partial charge in [0.2, 0.25) is 5.75 Å². The number of nitrogens with one attached hydrogen (secondary N) is 2. The Balaban J connectivity index is 1.77. The average molecular weight is 410 g/mol. The second-order valence-corrected chi connectivity index (χ2v) is 7.40. The molecule has 1 spiro atoms. The van der Waals surface area contributed by atoms with E-state index in [1.54, 1.807) is 17.6 Å². The molecule has 4 heterocycles. The highest BCUT2D eigenvalue weighted by atomic mass is 16.5. The van der Waals surface area contributed by atoms with Crippen LogP contribution in [-0.2, 0) is 5.66 Å². The topological polar surface area (TPSA) is 132 Å². The largest absolute Gasteiger partial charge is 0.490 e. The molecule has 0 radical (unpaired) electrons. The van der Waals surface area contributed by atoms with Gasteiger partial charge in [-0.2, -0.15) is 0 Å². The summed E-state index contributed by atoms with van der Waals surface area (Å²) in [6, 6.07) is 1.62. The Morgan fingerprint density at radius 1 is 1.37 bits per heavy atom. The SMILES string of the molecule is [C-]#[N+]CN1CCC2(CC1)NC(=O)c1c(C)cc(Nc3ncnc(N)c3OC)c(=O)n12. The van der Waals surface area contributed by atoms with E-state index in [1.165, 1.54) is 13.4 Å². The monoisotopic (exact) mass is 410 g/mol. The second-order valence-electron chi connectivity index (χ2n) is 7.40. The average Bonchev–Trinajstić information content (AvgIpc) is 3.00. The molecule has 2 aromatic heterocycles. The van der Waals surface area contributed by atoms with E-state index in [2.05, 4.69) is 25.4 Å². The molecule has 2 aliphatic rings. The molecule has 2 aromatic rings. The summed E-state index contributed by atoms with van der Waals surface area (Å²) in [5.41, 5.74) is 5.96. The molecule has 0 bridgehead atoms. The van der Waals surface area contributed by atoms with Gasteiger partial charge in [-0.25, -0.2) is 21.4 Å². The van der Waals surface area contributed by atoms with E-state index in [1.807, 2.05) is 4.90 Å². The van der Waals surface area contributed by atoms with Crippen LogP contribution < -0.4 is 26.7 Å². The molecule has 30 heavy (non-hydrogen) atoms. The van der Waals surface area contributed by atoms with Crippen molar-refractivity contribution in [1.82, 2.24) is 24.8 Å². The van der Waals surface area contributed by atoms with Crippen LogP contribution in [-0.4, -0.2) is 52.2 Å². The standard InChI is InChI=1S/C19H22N8O3/c1-11-8-12(24-16-14(30-3)15(20)22-9-23-16)18(29)27-13(11)17(28)25-19(27)4-6-26(7-5-19)10-21-2/h8-9H,4-7,10H2,1,3H3,(H,25,28)(H3,20,22,23,24). The fourth-order valence-corrected chi connectivity index (χ4v) is 4.17. The van der Waals surface area contributed by atoms with Gasteiger partial charge in [0.25, 0.3) is 18.1 Å². The van der Waals surface area contributed by atoms with Crippen LogP contribution in [0.25, 0.3) is 4.85 Å². The Morgan fingerprint density at radius 2 is 2.10 bits per heavy atom. The molecule has 4 N–H and O–H groups in total. The summed E-state index contributed by atoms with van der Waals surface area (Å²) >= 11 is 0. The van der Waals surface area contributed by atoms with Crippen LogP contribution >= 0.6 is 0 Å². The third-order valence-electron chi connectivity index (χ3n) is 5.62. The lowest BCUT2D eigenvalue weighted by Crippen LogP contribution is -2.54. The molecule has 0 aromatic carbocycles. The first-order valence-corrected chi connectivity index (χ1v) is 9.47. The number of nitrogens with two attached hydrogens (primary N) is 1. The summed E-state index contributed by atoms with van der Waals surface area (Å²) < 4.78 is 6.81. The molecule has 1 amide bonds. The van der Waals surface area contributed by atoms with Crippen LogP contribution in [0.2, 0.25) is 0 Å². The number of methoxy groups -OCH3 is 1. The fraction of sp³-hybridized carbons (Fsp3) is 0.421. The van der Waals surface area contributed by atoms with E-state index in [0.717, 1.165) is 0 Å². The van der Waals surface area contributed by atoms with Crippen molar-refractivity contribution >= 4 is 23.2 Å². The first-order chi connectivity index (χ1) is 14.4. The van der Waals surface area contributed by atoms with Gasteiger partial charge in [-0.3, -0.25) is 19.0 Å². The maximum atomic E-state index is 13.5. The van der Waals surface area contributed by atoms with Crippen LogP contribution in [0.1, 0.15) is 28.9 Å². The molecule has 0 aliphatic carbocycles. The van der Waals surface area contributed by atoms with E-state index >= 15 is 0 Å². The number of likely N-dealkylation sites (tertiary alicyclic amines) is 1. The Kier molecular flexibility index (Phi) is 4.79. The Hall–Kier alpha value is -3.65. The second kappa shape index (κ2) is 7.31. The summed E-state index contributed by atoms with van der Waals surface area (Å²) in [4.78, 5) is 39.6. The van der Waals surface area contributed by atoms with Crippen molar-refractivity contribution in [3.05, 3.63) is 45.4 Å².